The maximum atomic E-state index is 13.4. The van der Waals surface area contributed by atoms with Gasteiger partial charge in [-0.25, -0.2) is 8.78 Å². The van der Waals surface area contributed by atoms with Crippen LogP contribution in [0.4, 0.5) is 27.6 Å². The molecule has 1 aromatic carbocycles. The second-order valence-electron chi connectivity index (χ2n) is 5.08. The smallest absolute Gasteiger partial charge is 0.370 e. The molecule has 1 aliphatic rings. The summed E-state index contributed by atoms with van der Waals surface area (Å²) in [7, 11) is 0. The zero-order chi connectivity index (χ0) is 15.7. The van der Waals surface area contributed by atoms with Gasteiger partial charge < -0.3 is 11.1 Å². The molecule has 1 fully saturated rings. The first-order valence-corrected chi connectivity index (χ1v) is 6.32. The average Bonchev–Trinajstić information content (AvgIpc) is 2.30. The van der Waals surface area contributed by atoms with Crippen molar-refractivity contribution in [2.75, 3.05) is 11.9 Å². The van der Waals surface area contributed by atoms with Crippen molar-refractivity contribution < 1.29 is 22.0 Å². The molecule has 1 aliphatic carbocycles. The standard InChI is InChI=1S/C13H14F5N3/c14-8-2-3-9(15)10(6-8)21-11(19)20-7-12(4-1-5-12)13(16,17)18/h2-3,6H,1,4-5,7H2,(H3,19,20,21). The van der Waals surface area contributed by atoms with Crippen molar-refractivity contribution in [2.24, 2.45) is 16.1 Å². The number of alkyl halides is 3. The highest BCUT2D eigenvalue weighted by Crippen LogP contribution is 2.53. The van der Waals surface area contributed by atoms with Crippen molar-refractivity contribution >= 4 is 11.6 Å². The second kappa shape index (κ2) is 5.50. The zero-order valence-electron chi connectivity index (χ0n) is 11.0. The Balaban J connectivity index is 2.06. The Kier molecular flexibility index (Phi) is 4.06. The minimum absolute atomic E-state index is 0.00159. The number of aliphatic imine (C=N–C) groups is 1. The predicted molar refractivity (Wildman–Crippen MR) is 68.8 cm³/mol. The third kappa shape index (κ3) is 3.25. The summed E-state index contributed by atoms with van der Waals surface area (Å²) in [5.41, 5.74) is 3.32. The van der Waals surface area contributed by atoms with E-state index in [1.165, 1.54) is 0 Å². The predicted octanol–water partition coefficient (Wildman–Crippen LogP) is 3.42. The number of nitrogens with zero attached hydrogens (tertiary/aromatic N) is 1. The first-order valence-electron chi connectivity index (χ1n) is 6.32. The van der Waals surface area contributed by atoms with Gasteiger partial charge in [0.25, 0.3) is 0 Å². The molecule has 0 heterocycles. The quantitative estimate of drug-likeness (QED) is 0.511. The number of nitrogens with one attached hydrogen (secondary N) is 1. The van der Waals surface area contributed by atoms with Gasteiger partial charge in [-0.1, -0.05) is 6.42 Å². The van der Waals surface area contributed by atoms with Crippen LogP contribution in [0.2, 0.25) is 0 Å². The molecule has 0 bridgehead atoms. The Morgan fingerprint density at radius 2 is 1.95 bits per heavy atom. The molecule has 0 unspecified atom stereocenters. The Labute approximate surface area is 118 Å². The summed E-state index contributed by atoms with van der Waals surface area (Å²) in [5.74, 6) is -1.85. The van der Waals surface area contributed by atoms with Gasteiger partial charge in [0, 0.05) is 6.07 Å². The molecule has 116 valence electrons. The van der Waals surface area contributed by atoms with Crippen LogP contribution < -0.4 is 11.1 Å². The molecule has 0 atom stereocenters. The van der Waals surface area contributed by atoms with Crippen LogP contribution in [0.25, 0.3) is 0 Å². The fourth-order valence-corrected chi connectivity index (χ4v) is 2.14. The summed E-state index contributed by atoms with van der Waals surface area (Å²) in [6.07, 6.45) is -3.86. The van der Waals surface area contributed by atoms with Gasteiger partial charge in [-0.05, 0) is 25.0 Å². The number of benzene rings is 1. The van der Waals surface area contributed by atoms with Crippen LogP contribution >= 0.6 is 0 Å². The molecule has 0 saturated heterocycles. The number of anilines is 1. The fraction of sp³-hybridized carbons (Fsp3) is 0.462. The van der Waals surface area contributed by atoms with Crippen molar-refractivity contribution in [3.8, 4) is 0 Å². The van der Waals surface area contributed by atoms with E-state index >= 15 is 0 Å². The molecule has 0 aromatic heterocycles. The highest BCUT2D eigenvalue weighted by Gasteiger charge is 2.58. The summed E-state index contributed by atoms with van der Waals surface area (Å²) < 4.78 is 65.0. The summed E-state index contributed by atoms with van der Waals surface area (Å²) in [5, 5.41) is 2.27. The van der Waals surface area contributed by atoms with Gasteiger partial charge in [0.15, 0.2) is 5.96 Å². The molecule has 0 amide bonds. The van der Waals surface area contributed by atoms with Crippen LogP contribution in [0, 0.1) is 17.0 Å². The molecular weight excluding hydrogens is 293 g/mol. The van der Waals surface area contributed by atoms with Gasteiger partial charge >= 0.3 is 6.18 Å². The monoisotopic (exact) mass is 307 g/mol. The third-order valence-electron chi connectivity index (χ3n) is 3.66. The highest BCUT2D eigenvalue weighted by atomic mass is 19.4. The minimum Gasteiger partial charge on any atom is -0.370 e. The SMILES string of the molecule is NC(=NCC1(C(F)(F)F)CCC1)Nc1cc(F)ccc1F. The highest BCUT2D eigenvalue weighted by molar-refractivity contribution is 5.92. The molecule has 0 spiro atoms. The number of nitrogens with two attached hydrogens (primary N) is 1. The van der Waals surface area contributed by atoms with Gasteiger partial charge in [-0.2, -0.15) is 13.2 Å². The normalized spacial score (nSPS) is 18.2. The molecule has 0 radical (unpaired) electrons. The number of hydrogen-bond acceptors (Lipinski definition) is 1. The molecule has 1 aromatic rings. The second-order valence-corrected chi connectivity index (χ2v) is 5.08. The summed E-state index contributed by atoms with van der Waals surface area (Å²) in [6.45, 7) is -0.522. The van der Waals surface area contributed by atoms with Crippen molar-refractivity contribution in [1.29, 1.82) is 0 Å². The topological polar surface area (TPSA) is 50.4 Å². The van der Waals surface area contributed by atoms with E-state index in [1.807, 2.05) is 0 Å². The lowest BCUT2D eigenvalue weighted by atomic mass is 9.68. The zero-order valence-corrected chi connectivity index (χ0v) is 11.0. The molecule has 3 N–H and O–H groups in total. The van der Waals surface area contributed by atoms with E-state index in [0.717, 1.165) is 18.2 Å². The van der Waals surface area contributed by atoms with Crippen LogP contribution in [0.3, 0.4) is 0 Å². The van der Waals surface area contributed by atoms with Crippen LogP contribution in [-0.4, -0.2) is 18.7 Å². The molecular formula is C13H14F5N3. The molecule has 2 rings (SSSR count). The third-order valence-corrected chi connectivity index (χ3v) is 3.66. The van der Waals surface area contributed by atoms with Crippen molar-refractivity contribution in [1.82, 2.24) is 0 Å². The number of hydrogen-bond donors (Lipinski definition) is 2. The van der Waals surface area contributed by atoms with E-state index in [-0.39, 0.29) is 24.5 Å². The number of guanidine groups is 1. The molecule has 1 saturated carbocycles. The lowest BCUT2D eigenvalue weighted by molar-refractivity contribution is -0.245. The van der Waals surface area contributed by atoms with Crippen molar-refractivity contribution in [2.45, 2.75) is 25.4 Å². The van der Waals surface area contributed by atoms with Gasteiger partial charge in [0.05, 0.1) is 17.6 Å². The van der Waals surface area contributed by atoms with Crippen LogP contribution in [-0.2, 0) is 0 Å². The van der Waals surface area contributed by atoms with Gasteiger partial charge in [-0.15, -0.1) is 0 Å². The summed E-state index contributed by atoms with van der Waals surface area (Å²) in [4.78, 5) is 3.63. The van der Waals surface area contributed by atoms with Crippen molar-refractivity contribution in [3.05, 3.63) is 29.8 Å². The average molecular weight is 307 g/mol. The summed E-state index contributed by atoms with van der Waals surface area (Å²) >= 11 is 0. The molecule has 3 nitrogen and oxygen atoms in total. The minimum atomic E-state index is -4.35. The lowest BCUT2D eigenvalue weighted by Crippen LogP contribution is -2.46. The van der Waals surface area contributed by atoms with Crippen molar-refractivity contribution in [3.63, 3.8) is 0 Å². The molecule has 8 heteroatoms. The van der Waals surface area contributed by atoms with E-state index < -0.39 is 29.8 Å². The Morgan fingerprint density at radius 1 is 1.29 bits per heavy atom. The van der Waals surface area contributed by atoms with Gasteiger partial charge in [-0.3, -0.25) is 4.99 Å². The fourth-order valence-electron chi connectivity index (χ4n) is 2.14. The Hall–Kier alpha value is -1.86. The van der Waals surface area contributed by atoms with Gasteiger partial charge in [0.1, 0.15) is 11.6 Å². The maximum Gasteiger partial charge on any atom is 0.396 e. The Bertz CT molecular complexity index is 549. The van der Waals surface area contributed by atoms with Crippen LogP contribution in [0.1, 0.15) is 19.3 Å². The first kappa shape index (κ1) is 15.5. The molecule has 21 heavy (non-hydrogen) atoms. The summed E-state index contributed by atoms with van der Waals surface area (Å²) in [6, 6.07) is 2.65. The number of halogens is 5. The van der Waals surface area contributed by atoms with E-state index in [9.17, 15) is 22.0 Å². The first-order chi connectivity index (χ1) is 9.73. The van der Waals surface area contributed by atoms with Crippen LogP contribution in [0.15, 0.2) is 23.2 Å². The molecule has 0 aliphatic heterocycles. The number of rotatable bonds is 3. The maximum absolute atomic E-state index is 13.4. The van der Waals surface area contributed by atoms with E-state index in [0.29, 0.717) is 6.42 Å². The van der Waals surface area contributed by atoms with E-state index in [1.54, 1.807) is 0 Å². The Morgan fingerprint density at radius 3 is 2.48 bits per heavy atom. The lowest BCUT2D eigenvalue weighted by Gasteiger charge is -2.41. The van der Waals surface area contributed by atoms with Crippen LogP contribution in [0.5, 0.6) is 0 Å². The van der Waals surface area contributed by atoms with E-state index in [2.05, 4.69) is 10.3 Å². The van der Waals surface area contributed by atoms with E-state index in [4.69, 9.17) is 5.73 Å². The van der Waals surface area contributed by atoms with Gasteiger partial charge in [0.2, 0.25) is 0 Å². The largest absolute Gasteiger partial charge is 0.396 e.